The topological polar surface area (TPSA) is 24.5 Å². The van der Waals surface area contributed by atoms with Crippen LogP contribution in [-0.4, -0.2) is 61.8 Å². The van der Waals surface area contributed by atoms with Crippen molar-refractivity contribution in [2.24, 2.45) is 0 Å². The maximum absolute atomic E-state index is 5.55. The van der Waals surface area contributed by atoms with E-state index in [-0.39, 0.29) is 0 Å². The van der Waals surface area contributed by atoms with Gasteiger partial charge in [0.05, 0.1) is 12.7 Å². The zero-order valence-electron chi connectivity index (χ0n) is 11.6. The Hall–Kier alpha value is 0.230. The van der Waals surface area contributed by atoms with Gasteiger partial charge in [0.25, 0.3) is 0 Å². The molecule has 1 aliphatic heterocycles. The van der Waals surface area contributed by atoms with Crippen LogP contribution in [0, 0.1) is 0 Å². The molecule has 1 saturated heterocycles. The Bertz CT molecular complexity index is 184. The molecule has 1 rings (SSSR count). The van der Waals surface area contributed by atoms with E-state index in [0.29, 0.717) is 6.10 Å². The molecule has 0 spiro atoms. The maximum Gasteiger partial charge on any atom is 0.0596 e. The van der Waals surface area contributed by atoms with Gasteiger partial charge in [-0.15, -0.1) is 0 Å². The molecule has 1 N–H and O–H groups in total. The molecule has 0 aromatic carbocycles. The zero-order valence-corrected chi connectivity index (χ0v) is 12.4. The summed E-state index contributed by atoms with van der Waals surface area (Å²) in [5, 5.41) is 4.30. The molecule has 0 radical (unpaired) electrons. The number of hydrogen-bond donors (Lipinski definition) is 1. The fraction of sp³-hybridized carbons (Fsp3) is 1.00. The first-order chi connectivity index (χ1) is 8.18. The smallest absolute Gasteiger partial charge is 0.0596 e. The van der Waals surface area contributed by atoms with Gasteiger partial charge >= 0.3 is 0 Å². The van der Waals surface area contributed by atoms with Crippen LogP contribution in [0.2, 0.25) is 0 Å². The normalized spacial score (nSPS) is 18.2. The largest absolute Gasteiger partial charge is 0.377 e. The number of thioether (sulfide) groups is 1. The summed E-state index contributed by atoms with van der Waals surface area (Å²) in [4.78, 5) is 2.37. The summed E-state index contributed by atoms with van der Waals surface area (Å²) in [6.07, 6.45) is 3.03. The zero-order chi connectivity index (χ0) is 12.5. The SMILES string of the molecule is CC(C)OCCN(C)CCSC1CCNCC1. The third-order valence-electron chi connectivity index (χ3n) is 3.04. The molecule has 102 valence electrons. The van der Waals surface area contributed by atoms with Crippen molar-refractivity contribution in [3.05, 3.63) is 0 Å². The lowest BCUT2D eigenvalue weighted by atomic mass is 10.2. The summed E-state index contributed by atoms with van der Waals surface area (Å²) in [6, 6.07) is 0. The van der Waals surface area contributed by atoms with Gasteiger partial charge in [0.2, 0.25) is 0 Å². The van der Waals surface area contributed by atoms with Crippen molar-refractivity contribution in [3.63, 3.8) is 0 Å². The van der Waals surface area contributed by atoms with Gasteiger partial charge in [0.15, 0.2) is 0 Å². The predicted octanol–water partition coefficient (Wildman–Crippen LogP) is 1.83. The highest BCUT2D eigenvalue weighted by atomic mass is 32.2. The Morgan fingerprint density at radius 3 is 2.65 bits per heavy atom. The van der Waals surface area contributed by atoms with Crippen LogP contribution in [0.4, 0.5) is 0 Å². The van der Waals surface area contributed by atoms with Gasteiger partial charge in [-0.1, -0.05) is 0 Å². The molecule has 0 aromatic rings. The number of ether oxygens (including phenoxy) is 1. The van der Waals surface area contributed by atoms with E-state index in [0.717, 1.165) is 18.4 Å². The number of rotatable bonds is 8. The lowest BCUT2D eigenvalue weighted by Crippen LogP contribution is -2.31. The standard InChI is InChI=1S/C13H28N2OS/c1-12(2)16-10-8-15(3)9-11-17-13-4-6-14-7-5-13/h12-14H,4-11H2,1-3H3. The van der Waals surface area contributed by atoms with E-state index in [9.17, 15) is 0 Å². The Morgan fingerprint density at radius 1 is 1.29 bits per heavy atom. The molecule has 0 aliphatic carbocycles. The van der Waals surface area contributed by atoms with Gasteiger partial charge in [-0.3, -0.25) is 0 Å². The predicted molar refractivity (Wildman–Crippen MR) is 76.9 cm³/mol. The summed E-state index contributed by atoms with van der Waals surface area (Å²) in [5.74, 6) is 1.25. The van der Waals surface area contributed by atoms with E-state index in [2.05, 4.69) is 42.9 Å². The molecule has 0 atom stereocenters. The maximum atomic E-state index is 5.55. The molecular formula is C13H28N2OS. The summed E-state index contributed by atoms with van der Waals surface area (Å²) in [6.45, 7) is 9.67. The van der Waals surface area contributed by atoms with E-state index in [4.69, 9.17) is 4.74 Å². The van der Waals surface area contributed by atoms with Gasteiger partial charge in [-0.2, -0.15) is 11.8 Å². The molecule has 4 heteroatoms. The van der Waals surface area contributed by atoms with Crippen molar-refractivity contribution >= 4 is 11.8 Å². The molecule has 17 heavy (non-hydrogen) atoms. The summed E-state index contributed by atoms with van der Waals surface area (Å²) in [5.41, 5.74) is 0. The van der Waals surface area contributed by atoms with Gasteiger partial charge < -0.3 is 15.0 Å². The van der Waals surface area contributed by atoms with Gasteiger partial charge in [-0.05, 0) is 46.8 Å². The highest BCUT2D eigenvalue weighted by molar-refractivity contribution is 7.99. The van der Waals surface area contributed by atoms with E-state index in [1.807, 2.05) is 0 Å². The molecule has 1 heterocycles. The van der Waals surface area contributed by atoms with Crippen molar-refractivity contribution in [1.29, 1.82) is 0 Å². The molecule has 0 amide bonds. The van der Waals surface area contributed by atoms with Gasteiger partial charge in [-0.25, -0.2) is 0 Å². The van der Waals surface area contributed by atoms with E-state index >= 15 is 0 Å². The lowest BCUT2D eigenvalue weighted by molar-refractivity contribution is 0.0649. The number of nitrogens with zero attached hydrogens (tertiary/aromatic N) is 1. The summed E-state index contributed by atoms with van der Waals surface area (Å²) >= 11 is 2.14. The van der Waals surface area contributed by atoms with Crippen molar-refractivity contribution in [3.8, 4) is 0 Å². The quantitative estimate of drug-likeness (QED) is 0.719. The lowest BCUT2D eigenvalue weighted by Gasteiger charge is -2.23. The Balaban J connectivity index is 1.93. The second-order valence-electron chi connectivity index (χ2n) is 5.04. The number of hydrogen-bond acceptors (Lipinski definition) is 4. The highest BCUT2D eigenvalue weighted by Crippen LogP contribution is 2.19. The van der Waals surface area contributed by atoms with E-state index in [1.54, 1.807) is 0 Å². The molecule has 0 aromatic heterocycles. The fourth-order valence-electron chi connectivity index (χ4n) is 1.89. The second kappa shape index (κ2) is 9.20. The number of piperidine rings is 1. The van der Waals surface area contributed by atoms with Crippen LogP contribution in [-0.2, 0) is 4.74 Å². The minimum Gasteiger partial charge on any atom is -0.377 e. The van der Waals surface area contributed by atoms with Crippen molar-refractivity contribution in [1.82, 2.24) is 10.2 Å². The second-order valence-corrected chi connectivity index (χ2v) is 6.45. The van der Waals surface area contributed by atoms with Crippen molar-refractivity contribution < 1.29 is 4.74 Å². The van der Waals surface area contributed by atoms with Crippen LogP contribution in [0.3, 0.4) is 0 Å². The highest BCUT2D eigenvalue weighted by Gasteiger charge is 2.12. The van der Waals surface area contributed by atoms with Crippen molar-refractivity contribution in [2.75, 3.05) is 45.6 Å². The minimum absolute atomic E-state index is 0.354. The molecule has 3 nitrogen and oxygen atoms in total. The van der Waals surface area contributed by atoms with Gasteiger partial charge in [0.1, 0.15) is 0 Å². The Kier molecular flexibility index (Phi) is 8.27. The minimum atomic E-state index is 0.354. The average molecular weight is 260 g/mol. The molecule has 0 unspecified atom stereocenters. The average Bonchev–Trinajstić information content (AvgIpc) is 2.30. The first kappa shape index (κ1) is 15.3. The first-order valence-electron chi connectivity index (χ1n) is 6.81. The number of nitrogens with one attached hydrogen (secondary N) is 1. The van der Waals surface area contributed by atoms with E-state index < -0.39 is 0 Å². The molecule has 0 bridgehead atoms. The van der Waals surface area contributed by atoms with Crippen LogP contribution in [0.1, 0.15) is 26.7 Å². The first-order valence-corrected chi connectivity index (χ1v) is 7.86. The molecular weight excluding hydrogens is 232 g/mol. The molecule has 0 saturated carbocycles. The van der Waals surface area contributed by atoms with Crippen LogP contribution >= 0.6 is 11.8 Å². The van der Waals surface area contributed by atoms with Gasteiger partial charge in [0, 0.05) is 24.1 Å². The number of likely N-dealkylation sites (N-methyl/N-ethyl adjacent to an activating group) is 1. The van der Waals surface area contributed by atoms with Crippen LogP contribution in [0.25, 0.3) is 0 Å². The molecule has 1 fully saturated rings. The van der Waals surface area contributed by atoms with Crippen LogP contribution in [0.15, 0.2) is 0 Å². The third-order valence-corrected chi connectivity index (χ3v) is 4.40. The monoisotopic (exact) mass is 260 g/mol. The summed E-state index contributed by atoms with van der Waals surface area (Å²) < 4.78 is 5.55. The Labute approximate surface area is 111 Å². The Morgan fingerprint density at radius 2 is 2.00 bits per heavy atom. The fourth-order valence-corrected chi connectivity index (χ4v) is 3.21. The van der Waals surface area contributed by atoms with Crippen LogP contribution in [0.5, 0.6) is 0 Å². The molecule has 1 aliphatic rings. The third kappa shape index (κ3) is 8.03. The van der Waals surface area contributed by atoms with Crippen LogP contribution < -0.4 is 5.32 Å². The van der Waals surface area contributed by atoms with Crippen molar-refractivity contribution in [2.45, 2.75) is 38.0 Å². The summed E-state index contributed by atoms with van der Waals surface area (Å²) in [7, 11) is 2.19. The van der Waals surface area contributed by atoms with E-state index in [1.165, 1.54) is 38.2 Å².